The molecule has 15 heteroatoms. The smallest absolute Gasteiger partial charge is 0.289 e. The maximum Gasteiger partial charge on any atom is 0.289 e. The number of halogens is 1. The summed E-state index contributed by atoms with van der Waals surface area (Å²) in [6, 6.07) is 6.36. The summed E-state index contributed by atoms with van der Waals surface area (Å²) in [5, 5.41) is 13.3. The number of ketones is 1. The van der Waals surface area contributed by atoms with Crippen molar-refractivity contribution >= 4 is 52.6 Å². The molecule has 3 N–H and O–H groups in total. The third-order valence-corrected chi connectivity index (χ3v) is 10.5. The van der Waals surface area contributed by atoms with Crippen LogP contribution in [0.25, 0.3) is 0 Å². The molecule has 4 aliphatic rings. The van der Waals surface area contributed by atoms with E-state index in [9.17, 15) is 28.8 Å². The lowest BCUT2D eigenvalue weighted by molar-refractivity contribution is -0.146. The minimum Gasteiger partial charge on any atom is -0.467 e. The van der Waals surface area contributed by atoms with Crippen molar-refractivity contribution in [3.8, 4) is 0 Å². The summed E-state index contributed by atoms with van der Waals surface area (Å²) in [6.07, 6.45) is 4.59. The number of nitrogens with one attached hydrogen (secondary N) is 3. The molecule has 0 unspecified atom stereocenters. The van der Waals surface area contributed by atoms with Crippen molar-refractivity contribution < 1.29 is 38.0 Å². The largest absolute Gasteiger partial charge is 0.467 e. The molecule has 3 aliphatic heterocycles. The SMILES string of the molecule is CCC[C@H](NC(=O)[C@@H]1C[C@]2(CC(c3cccc(Cl)c3)=NO2)CN1C(=O)[C@@H](NC(=O)[C@@H]1CCC(=O)N1Cc1ccco1)C(C)(C)C)C(=O)C(=O)NC1CC1. The van der Waals surface area contributed by atoms with E-state index >= 15 is 0 Å². The summed E-state index contributed by atoms with van der Waals surface area (Å²) in [5.41, 5.74) is -0.591. The Bertz CT molecular complexity index is 1790. The van der Waals surface area contributed by atoms with Crippen molar-refractivity contribution in [2.45, 2.75) is 121 Å². The van der Waals surface area contributed by atoms with Crippen LogP contribution in [0.15, 0.2) is 52.2 Å². The minimum absolute atomic E-state index is 0.0375. The van der Waals surface area contributed by atoms with Gasteiger partial charge >= 0.3 is 0 Å². The van der Waals surface area contributed by atoms with E-state index in [0.717, 1.165) is 18.4 Å². The Balaban J connectivity index is 1.25. The molecule has 2 saturated heterocycles. The number of likely N-dealkylation sites (tertiary alicyclic amines) is 2. The Hall–Kier alpha value is -4.72. The fraction of sp³-hybridized carbons (Fsp3) is 0.553. The molecule has 1 spiro atoms. The van der Waals surface area contributed by atoms with Crippen LogP contribution >= 0.6 is 11.6 Å². The Morgan fingerprint density at radius 3 is 2.45 bits per heavy atom. The molecule has 4 heterocycles. The lowest BCUT2D eigenvalue weighted by Crippen LogP contribution is -2.60. The zero-order valence-electron chi connectivity index (χ0n) is 30.5. The van der Waals surface area contributed by atoms with Crippen LogP contribution in [0.2, 0.25) is 5.02 Å². The van der Waals surface area contributed by atoms with Gasteiger partial charge in [0.2, 0.25) is 29.4 Å². The van der Waals surface area contributed by atoms with E-state index < -0.39 is 64.6 Å². The van der Waals surface area contributed by atoms with Crippen LogP contribution in [0.5, 0.6) is 0 Å². The average molecular weight is 751 g/mol. The summed E-state index contributed by atoms with van der Waals surface area (Å²) in [5.74, 6) is -2.81. The summed E-state index contributed by atoms with van der Waals surface area (Å²) in [6.45, 7) is 7.32. The first-order valence-electron chi connectivity index (χ1n) is 18.3. The zero-order valence-corrected chi connectivity index (χ0v) is 31.2. The molecule has 284 valence electrons. The fourth-order valence-electron chi connectivity index (χ4n) is 7.25. The van der Waals surface area contributed by atoms with Gasteiger partial charge in [0, 0.05) is 35.9 Å². The van der Waals surface area contributed by atoms with E-state index in [4.69, 9.17) is 20.9 Å². The second-order valence-electron chi connectivity index (χ2n) is 15.6. The number of Topliss-reactive ketones (excluding diaryl/α,β-unsaturated/α-hetero) is 1. The van der Waals surface area contributed by atoms with Gasteiger partial charge in [-0.1, -0.05) is 63.0 Å². The van der Waals surface area contributed by atoms with Gasteiger partial charge in [0.15, 0.2) is 5.60 Å². The fourth-order valence-corrected chi connectivity index (χ4v) is 7.44. The molecule has 2 aromatic rings. The van der Waals surface area contributed by atoms with Crippen LogP contribution in [0, 0.1) is 5.41 Å². The first-order chi connectivity index (χ1) is 25.2. The molecule has 1 aromatic heterocycles. The maximum atomic E-state index is 14.8. The predicted molar refractivity (Wildman–Crippen MR) is 193 cm³/mol. The van der Waals surface area contributed by atoms with Gasteiger partial charge in [-0.2, -0.15) is 0 Å². The van der Waals surface area contributed by atoms with Crippen LogP contribution in [0.4, 0.5) is 0 Å². The van der Waals surface area contributed by atoms with Crippen molar-refractivity contribution in [3.05, 3.63) is 59.0 Å². The molecule has 5 amide bonds. The van der Waals surface area contributed by atoms with E-state index in [-0.39, 0.29) is 57.1 Å². The number of carbonyl (C=O) groups is 6. The van der Waals surface area contributed by atoms with Crippen LogP contribution in [-0.4, -0.2) is 93.2 Å². The Labute approximate surface area is 313 Å². The van der Waals surface area contributed by atoms with E-state index in [1.807, 2.05) is 13.0 Å². The first kappa shape index (κ1) is 38.0. The summed E-state index contributed by atoms with van der Waals surface area (Å²) in [7, 11) is 0. The third-order valence-electron chi connectivity index (χ3n) is 10.3. The van der Waals surface area contributed by atoms with Crippen LogP contribution in [0.1, 0.15) is 90.4 Å². The molecule has 1 saturated carbocycles. The van der Waals surface area contributed by atoms with Crippen molar-refractivity contribution in [1.29, 1.82) is 0 Å². The zero-order chi connectivity index (χ0) is 38.1. The van der Waals surface area contributed by atoms with E-state index in [1.54, 1.807) is 51.1 Å². The lowest BCUT2D eigenvalue weighted by atomic mass is 9.85. The Morgan fingerprint density at radius 2 is 1.79 bits per heavy atom. The van der Waals surface area contributed by atoms with Crippen molar-refractivity contribution in [1.82, 2.24) is 25.8 Å². The number of carbonyl (C=O) groups excluding carboxylic acids is 6. The normalized spacial score (nSPS) is 23.7. The van der Waals surface area contributed by atoms with E-state index in [1.165, 1.54) is 16.1 Å². The first-order valence-corrected chi connectivity index (χ1v) is 18.6. The number of rotatable bonds is 13. The molecule has 0 radical (unpaired) electrons. The highest BCUT2D eigenvalue weighted by atomic mass is 35.5. The van der Waals surface area contributed by atoms with Gasteiger partial charge in [-0.05, 0) is 55.4 Å². The highest BCUT2D eigenvalue weighted by Crippen LogP contribution is 2.40. The second kappa shape index (κ2) is 15.3. The van der Waals surface area contributed by atoms with Crippen molar-refractivity contribution in [3.63, 3.8) is 0 Å². The molecule has 1 aromatic carbocycles. The van der Waals surface area contributed by atoms with Gasteiger partial charge in [-0.15, -0.1) is 0 Å². The number of benzene rings is 1. The molecule has 0 bridgehead atoms. The third kappa shape index (κ3) is 8.58. The highest BCUT2D eigenvalue weighted by molar-refractivity contribution is 6.38. The van der Waals surface area contributed by atoms with E-state index in [0.29, 0.717) is 22.9 Å². The van der Waals surface area contributed by atoms with Gasteiger partial charge in [0.1, 0.15) is 23.9 Å². The molecule has 3 fully saturated rings. The highest BCUT2D eigenvalue weighted by Gasteiger charge is 2.56. The molecular weight excluding hydrogens is 704 g/mol. The summed E-state index contributed by atoms with van der Waals surface area (Å²) in [4.78, 5) is 90.6. The second-order valence-corrected chi connectivity index (χ2v) is 16.0. The molecular formula is C38H47ClN6O8. The van der Waals surface area contributed by atoms with Crippen LogP contribution < -0.4 is 16.0 Å². The number of oxime groups is 1. The molecule has 1 aliphatic carbocycles. The topological polar surface area (TPSA) is 180 Å². The number of hydrogen-bond acceptors (Lipinski definition) is 9. The van der Waals surface area contributed by atoms with Gasteiger partial charge in [0.05, 0.1) is 31.1 Å². The monoisotopic (exact) mass is 750 g/mol. The number of nitrogens with zero attached hydrogens (tertiary/aromatic N) is 3. The van der Waals surface area contributed by atoms with Crippen LogP contribution in [-0.2, 0) is 40.1 Å². The Kier molecular flexibility index (Phi) is 11.0. The van der Waals surface area contributed by atoms with Crippen LogP contribution in [0.3, 0.4) is 0 Å². The number of amides is 5. The van der Waals surface area contributed by atoms with Crippen molar-refractivity contribution in [2.75, 3.05) is 6.54 Å². The maximum absolute atomic E-state index is 14.8. The summed E-state index contributed by atoms with van der Waals surface area (Å²) < 4.78 is 5.43. The molecule has 5 atom stereocenters. The minimum atomic E-state index is -1.12. The average Bonchev–Trinajstić information content (AvgIpc) is 3.46. The standard InChI is InChI=1S/C38H47ClN6O8/c1-5-8-26(31(47)35(50)40-24-12-13-24)41-34(49)29-19-38(18-27(43-53-38)22-9-6-10-23(39)17-22)21-45(29)36(51)32(37(2,3)4)42-33(48)28-14-15-30(46)44(28)20-25-11-7-16-52-25/h6-7,9-11,16-17,24,26,28-29,32H,5,8,12-15,18-21H2,1-4H3,(H,40,50)(H,41,49)(H,42,48)/t26-,28-,29-,32+,38+/m0/s1. The molecule has 6 rings (SSSR count). The lowest BCUT2D eigenvalue weighted by Gasteiger charge is -2.36. The predicted octanol–water partition coefficient (Wildman–Crippen LogP) is 3.25. The quantitative estimate of drug-likeness (QED) is 0.261. The number of furan rings is 1. The van der Waals surface area contributed by atoms with Gasteiger partial charge in [0.25, 0.3) is 5.91 Å². The number of hydrogen-bond donors (Lipinski definition) is 3. The van der Waals surface area contributed by atoms with E-state index in [2.05, 4.69) is 21.1 Å². The Morgan fingerprint density at radius 1 is 1.04 bits per heavy atom. The van der Waals surface area contributed by atoms with Gasteiger partial charge in [-0.25, -0.2) is 0 Å². The van der Waals surface area contributed by atoms with Gasteiger partial charge < -0.3 is 35.0 Å². The van der Waals surface area contributed by atoms with Gasteiger partial charge in [-0.3, -0.25) is 28.8 Å². The summed E-state index contributed by atoms with van der Waals surface area (Å²) >= 11 is 6.26. The van der Waals surface area contributed by atoms with Crippen molar-refractivity contribution in [2.24, 2.45) is 10.6 Å². The molecule has 14 nitrogen and oxygen atoms in total. The molecule has 53 heavy (non-hydrogen) atoms.